The molecule has 0 saturated heterocycles. The number of sulfonamides is 1. The van der Waals surface area contributed by atoms with Crippen molar-refractivity contribution < 1.29 is 32.2 Å². The van der Waals surface area contributed by atoms with Crippen LogP contribution in [-0.2, 0) is 26.2 Å². The van der Waals surface area contributed by atoms with Gasteiger partial charge in [0.15, 0.2) is 0 Å². The molecule has 11 heteroatoms. The molecule has 0 saturated carbocycles. The molecular formula is C31H39N3O7S. The Hall–Kier alpha value is -4.25. The first-order valence-corrected chi connectivity index (χ1v) is 15.0. The summed E-state index contributed by atoms with van der Waals surface area (Å²) < 4.78 is 45.1. The highest BCUT2D eigenvalue weighted by molar-refractivity contribution is 7.92. The predicted octanol–water partition coefficient (Wildman–Crippen LogP) is 4.24. The lowest BCUT2D eigenvalue weighted by Gasteiger charge is -2.32. The van der Waals surface area contributed by atoms with Crippen molar-refractivity contribution in [3.05, 3.63) is 78.4 Å². The minimum atomic E-state index is -4.26. The molecule has 0 aliphatic rings. The average Bonchev–Trinajstić information content (AvgIpc) is 3.01. The van der Waals surface area contributed by atoms with E-state index in [0.29, 0.717) is 23.5 Å². The van der Waals surface area contributed by atoms with Gasteiger partial charge in [-0.15, -0.1) is 0 Å². The third-order valence-electron chi connectivity index (χ3n) is 6.94. The van der Waals surface area contributed by atoms with Crippen LogP contribution in [0.15, 0.2) is 77.7 Å². The fraction of sp³-hybridized carbons (Fsp3) is 0.355. The summed E-state index contributed by atoms with van der Waals surface area (Å²) >= 11 is 0. The normalized spacial score (nSPS) is 12.5. The predicted molar refractivity (Wildman–Crippen MR) is 161 cm³/mol. The van der Waals surface area contributed by atoms with Crippen LogP contribution in [-0.4, -0.2) is 65.1 Å². The van der Waals surface area contributed by atoms with Gasteiger partial charge in [0.05, 0.1) is 31.9 Å². The first-order chi connectivity index (χ1) is 20.0. The van der Waals surface area contributed by atoms with Crippen LogP contribution >= 0.6 is 0 Å². The van der Waals surface area contributed by atoms with Crippen molar-refractivity contribution in [1.82, 2.24) is 10.2 Å². The highest BCUT2D eigenvalue weighted by atomic mass is 32.2. The molecule has 42 heavy (non-hydrogen) atoms. The molecule has 0 aromatic heterocycles. The number of hydrogen-bond acceptors (Lipinski definition) is 7. The molecule has 3 aromatic rings. The largest absolute Gasteiger partial charge is 0.497 e. The van der Waals surface area contributed by atoms with Gasteiger partial charge in [0, 0.05) is 12.6 Å². The minimum Gasteiger partial charge on any atom is -0.497 e. The Labute approximate surface area is 248 Å². The summed E-state index contributed by atoms with van der Waals surface area (Å²) in [7, 11) is 0.189. The molecule has 0 fully saturated rings. The average molecular weight is 598 g/mol. The first kappa shape index (κ1) is 32.3. The van der Waals surface area contributed by atoms with Gasteiger partial charge in [0.1, 0.15) is 29.8 Å². The highest BCUT2D eigenvalue weighted by Crippen LogP contribution is 2.33. The molecule has 10 nitrogen and oxygen atoms in total. The number of amides is 2. The Bertz CT molecular complexity index is 1460. The Morgan fingerprint density at radius 3 is 2.14 bits per heavy atom. The van der Waals surface area contributed by atoms with Crippen LogP contribution in [0.2, 0.25) is 0 Å². The molecule has 0 unspecified atom stereocenters. The summed E-state index contributed by atoms with van der Waals surface area (Å²) in [6, 6.07) is 18.6. The highest BCUT2D eigenvalue weighted by Gasteiger charge is 2.34. The van der Waals surface area contributed by atoms with Crippen molar-refractivity contribution in [3.63, 3.8) is 0 Å². The third kappa shape index (κ3) is 7.73. The van der Waals surface area contributed by atoms with E-state index in [1.807, 2.05) is 19.9 Å². The van der Waals surface area contributed by atoms with E-state index in [1.165, 1.54) is 43.4 Å². The van der Waals surface area contributed by atoms with E-state index in [9.17, 15) is 18.0 Å². The van der Waals surface area contributed by atoms with Crippen molar-refractivity contribution in [3.8, 4) is 17.2 Å². The van der Waals surface area contributed by atoms with Crippen molar-refractivity contribution in [2.75, 3.05) is 32.2 Å². The van der Waals surface area contributed by atoms with E-state index >= 15 is 0 Å². The summed E-state index contributed by atoms with van der Waals surface area (Å²) in [5.74, 6) is 0.424. The van der Waals surface area contributed by atoms with E-state index in [4.69, 9.17) is 14.2 Å². The summed E-state index contributed by atoms with van der Waals surface area (Å²) in [6.45, 7) is 4.92. The molecule has 0 spiro atoms. The number of nitrogens with one attached hydrogen (secondary N) is 1. The van der Waals surface area contributed by atoms with E-state index < -0.39 is 28.5 Å². The third-order valence-corrected chi connectivity index (χ3v) is 8.71. The number of hydrogen-bond donors (Lipinski definition) is 1. The number of ether oxygens (including phenoxy) is 3. The van der Waals surface area contributed by atoms with Gasteiger partial charge in [-0.1, -0.05) is 31.2 Å². The molecule has 3 rings (SSSR count). The lowest BCUT2D eigenvalue weighted by molar-refractivity contribution is -0.139. The van der Waals surface area contributed by atoms with Crippen molar-refractivity contribution >= 4 is 27.5 Å². The van der Waals surface area contributed by atoms with Gasteiger partial charge < -0.3 is 24.4 Å². The zero-order chi connectivity index (χ0) is 30.9. The Balaban J connectivity index is 2.07. The number of para-hydroxylation sites is 2. The first-order valence-electron chi connectivity index (χ1n) is 13.6. The number of rotatable bonds is 14. The van der Waals surface area contributed by atoms with Gasteiger partial charge in [0.25, 0.3) is 10.0 Å². The van der Waals surface area contributed by atoms with Gasteiger partial charge >= 0.3 is 0 Å². The molecule has 0 bridgehead atoms. The van der Waals surface area contributed by atoms with Crippen LogP contribution in [0.3, 0.4) is 0 Å². The van der Waals surface area contributed by atoms with Crippen LogP contribution in [0.1, 0.15) is 32.8 Å². The molecule has 0 heterocycles. The quantitative estimate of drug-likeness (QED) is 0.296. The maximum Gasteiger partial charge on any atom is 0.264 e. The molecule has 1 N–H and O–H groups in total. The molecule has 226 valence electrons. The molecule has 0 aliphatic carbocycles. The van der Waals surface area contributed by atoms with Crippen LogP contribution in [0.25, 0.3) is 0 Å². The second kappa shape index (κ2) is 14.6. The summed E-state index contributed by atoms with van der Waals surface area (Å²) in [4.78, 5) is 28.7. The smallest absolute Gasteiger partial charge is 0.264 e. The molecule has 0 aliphatic heterocycles. The lowest BCUT2D eigenvalue weighted by Crippen LogP contribution is -2.52. The molecule has 2 atom stereocenters. The Kier molecular flexibility index (Phi) is 11.2. The van der Waals surface area contributed by atoms with Crippen LogP contribution in [0, 0.1) is 0 Å². The summed E-state index contributed by atoms with van der Waals surface area (Å²) in [6.07, 6.45) is 0.712. The number of anilines is 1. The van der Waals surface area contributed by atoms with Gasteiger partial charge in [-0.25, -0.2) is 8.42 Å². The number of nitrogens with zero attached hydrogens (tertiary/aromatic N) is 2. The maximum absolute atomic E-state index is 14.1. The Morgan fingerprint density at radius 2 is 1.52 bits per heavy atom. The van der Waals surface area contributed by atoms with Gasteiger partial charge in [-0.3, -0.25) is 13.9 Å². The summed E-state index contributed by atoms with van der Waals surface area (Å²) in [5.41, 5.74) is 0.898. The van der Waals surface area contributed by atoms with E-state index in [-0.39, 0.29) is 34.8 Å². The zero-order valence-corrected chi connectivity index (χ0v) is 25.7. The molecular weight excluding hydrogens is 558 g/mol. The zero-order valence-electron chi connectivity index (χ0n) is 24.9. The van der Waals surface area contributed by atoms with Crippen molar-refractivity contribution in [1.29, 1.82) is 0 Å². The number of carbonyl (C=O) groups is 2. The fourth-order valence-electron chi connectivity index (χ4n) is 4.24. The molecule has 0 radical (unpaired) electrons. The molecule has 3 aromatic carbocycles. The van der Waals surface area contributed by atoms with Gasteiger partial charge in [0.2, 0.25) is 11.8 Å². The van der Waals surface area contributed by atoms with Gasteiger partial charge in [-0.05, 0) is 74.4 Å². The monoisotopic (exact) mass is 597 g/mol. The van der Waals surface area contributed by atoms with Crippen molar-refractivity contribution in [2.24, 2.45) is 0 Å². The number of carbonyl (C=O) groups excluding carboxylic acids is 2. The van der Waals surface area contributed by atoms with Gasteiger partial charge in [-0.2, -0.15) is 0 Å². The van der Waals surface area contributed by atoms with Crippen LogP contribution in [0.5, 0.6) is 17.2 Å². The standard InChI is InChI=1S/C31H39N3O7S/c1-7-22(2)32-31(36)23(3)33(20-24-11-10-12-26(19-24)40-5)30(35)21-34(28-13-8-9-14-29(28)41-6)42(37,38)27-17-15-25(39-4)16-18-27/h8-19,22-23H,7,20-21H2,1-6H3,(H,32,36)/t22-,23-/m0/s1. The van der Waals surface area contributed by atoms with Crippen molar-refractivity contribution in [2.45, 2.75) is 50.7 Å². The fourth-order valence-corrected chi connectivity index (χ4v) is 5.66. The van der Waals surface area contributed by atoms with Crippen LogP contribution < -0.4 is 23.8 Å². The van der Waals surface area contributed by atoms with E-state index in [2.05, 4.69) is 5.32 Å². The summed E-state index contributed by atoms with van der Waals surface area (Å²) in [5, 5.41) is 2.92. The number of methoxy groups -OCH3 is 3. The lowest BCUT2D eigenvalue weighted by atomic mass is 10.1. The second-order valence-electron chi connectivity index (χ2n) is 9.73. The van der Waals surface area contributed by atoms with E-state index in [0.717, 1.165) is 4.31 Å². The number of benzene rings is 3. The topological polar surface area (TPSA) is 114 Å². The molecule has 2 amide bonds. The van der Waals surface area contributed by atoms with E-state index in [1.54, 1.807) is 56.5 Å². The second-order valence-corrected chi connectivity index (χ2v) is 11.6. The SMILES string of the molecule is CC[C@H](C)NC(=O)[C@H](C)N(Cc1cccc(OC)c1)C(=O)CN(c1ccccc1OC)S(=O)(=O)c1ccc(OC)cc1. The minimum absolute atomic E-state index is 0.0380. The maximum atomic E-state index is 14.1. The van der Waals surface area contributed by atoms with Crippen LogP contribution in [0.4, 0.5) is 5.69 Å². The Morgan fingerprint density at radius 1 is 0.857 bits per heavy atom.